The molecule has 1 rings (SSSR count). The molecular weight excluding hydrogens is 286 g/mol. The van der Waals surface area contributed by atoms with Crippen molar-refractivity contribution in [2.45, 2.75) is 26.7 Å². The largest absolute Gasteiger partial charge is 1.00 e. The van der Waals surface area contributed by atoms with Crippen molar-refractivity contribution in [2.24, 2.45) is 5.92 Å². The molecular formula is C12H16BF4KO. The molecule has 1 aromatic rings. The summed E-state index contributed by atoms with van der Waals surface area (Å²) in [7, 11) is 0. The number of ether oxygens (including phenoxy) is 1. The third-order valence-electron chi connectivity index (χ3n) is 2.52. The fraction of sp³-hybridized carbons (Fsp3) is 0.500. The van der Waals surface area contributed by atoms with E-state index < -0.39 is 18.3 Å². The van der Waals surface area contributed by atoms with Crippen LogP contribution in [0.1, 0.15) is 26.7 Å². The normalized spacial score (nSPS) is 11.3. The molecule has 1 nitrogen and oxygen atoms in total. The van der Waals surface area contributed by atoms with Crippen molar-refractivity contribution in [3.05, 3.63) is 24.0 Å². The zero-order valence-electron chi connectivity index (χ0n) is 11.4. The number of halogens is 4. The first kappa shape index (κ1) is 19.4. The van der Waals surface area contributed by atoms with Gasteiger partial charge in [-0.25, -0.2) is 4.39 Å². The first-order valence-electron chi connectivity index (χ1n) is 5.93. The van der Waals surface area contributed by atoms with Crippen molar-refractivity contribution in [1.29, 1.82) is 0 Å². The average Bonchev–Trinajstić information content (AvgIpc) is 2.24. The van der Waals surface area contributed by atoms with Gasteiger partial charge in [0.15, 0.2) is 11.6 Å². The second-order valence-electron chi connectivity index (χ2n) is 4.65. The third-order valence-corrected chi connectivity index (χ3v) is 2.52. The van der Waals surface area contributed by atoms with Gasteiger partial charge in [0.25, 0.3) is 0 Å². The summed E-state index contributed by atoms with van der Waals surface area (Å²) in [6, 6.07) is 2.25. The van der Waals surface area contributed by atoms with E-state index in [1.54, 1.807) is 0 Å². The standard InChI is InChI=1S/C12H16BF4O.K/c1-9(2)4-3-7-18-12-8-10(13(15,16)17)5-6-11(12)14;/h5-6,8-9H,3-4,7H2,1-2H3;/q-1;+1. The van der Waals surface area contributed by atoms with Gasteiger partial charge in [0.1, 0.15) is 0 Å². The molecule has 0 N–H and O–H groups in total. The molecule has 0 radical (unpaired) electrons. The Balaban J connectivity index is 0.00000324. The van der Waals surface area contributed by atoms with E-state index in [0.29, 0.717) is 12.3 Å². The topological polar surface area (TPSA) is 9.23 Å². The zero-order valence-corrected chi connectivity index (χ0v) is 14.6. The molecule has 7 heteroatoms. The summed E-state index contributed by atoms with van der Waals surface area (Å²) >= 11 is 0. The Morgan fingerprint density at radius 3 is 2.37 bits per heavy atom. The van der Waals surface area contributed by atoms with Crippen molar-refractivity contribution in [2.75, 3.05) is 6.61 Å². The van der Waals surface area contributed by atoms with E-state index in [4.69, 9.17) is 4.74 Å². The molecule has 0 aliphatic carbocycles. The summed E-state index contributed by atoms with van der Waals surface area (Å²) in [5, 5.41) is 0. The summed E-state index contributed by atoms with van der Waals surface area (Å²) in [5.41, 5.74) is -0.838. The van der Waals surface area contributed by atoms with Gasteiger partial charge in [0.2, 0.25) is 0 Å². The minimum absolute atomic E-state index is 0. The van der Waals surface area contributed by atoms with E-state index in [0.717, 1.165) is 24.6 Å². The van der Waals surface area contributed by atoms with Crippen molar-refractivity contribution < 1.29 is 73.5 Å². The van der Waals surface area contributed by atoms with Crippen LogP contribution in [0.4, 0.5) is 17.3 Å². The number of hydrogen-bond donors (Lipinski definition) is 0. The summed E-state index contributed by atoms with van der Waals surface area (Å²) in [4.78, 5) is 0. The Labute approximate surface area is 153 Å². The van der Waals surface area contributed by atoms with E-state index >= 15 is 0 Å². The Morgan fingerprint density at radius 1 is 1.21 bits per heavy atom. The SMILES string of the molecule is CC(C)CCCOc1cc([B-](F)(F)F)ccc1F.[K+]. The first-order chi connectivity index (χ1) is 8.30. The van der Waals surface area contributed by atoms with Crippen LogP contribution in [-0.4, -0.2) is 13.6 Å². The number of benzene rings is 1. The molecule has 0 aliphatic rings. The van der Waals surface area contributed by atoms with Gasteiger partial charge >= 0.3 is 58.4 Å². The van der Waals surface area contributed by atoms with Crippen molar-refractivity contribution >= 4 is 12.4 Å². The molecule has 0 fully saturated rings. The average molecular weight is 302 g/mol. The number of hydrogen-bond acceptors (Lipinski definition) is 1. The summed E-state index contributed by atoms with van der Waals surface area (Å²) in [5.74, 6) is -0.595. The van der Waals surface area contributed by atoms with Crippen LogP contribution in [0.15, 0.2) is 18.2 Å². The molecule has 0 saturated carbocycles. The second kappa shape index (κ2) is 8.67. The van der Waals surface area contributed by atoms with Crippen molar-refractivity contribution in [3.8, 4) is 5.75 Å². The molecule has 19 heavy (non-hydrogen) atoms. The van der Waals surface area contributed by atoms with Gasteiger partial charge in [-0.3, -0.25) is 0 Å². The monoisotopic (exact) mass is 302 g/mol. The van der Waals surface area contributed by atoms with Gasteiger partial charge in [-0.15, -0.1) is 5.46 Å². The van der Waals surface area contributed by atoms with E-state index in [1.807, 2.05) is 13.8 Å². The molecule has 0 aromatic heterocycles. The maximum absolute atomic E-state index is 13.3. The summed E-state index contributed by atoms with van der Waals surface area (Å²) < 4.78 is 55.8. The smallest absolute Gasteiger partial charge is 0.491 e. The minimum atomic E-state index is -5.12. The maximum Gasteiger partial charge on any atom is 1.00 e. The Hall–Kier alpha value is 0.441. The van der Waals surface area contributed by atoms with E-state index in [9.17, 15) is 17.3 Å². The van der Waals surface area contributed by atoms with Crippen LogP contribution in [0.3, 0.4) is 0 Å². The minimum Gasteiger partial charge on any atom is -0.491 e. The van der Waals surface area contributed by atoms with Crippen LogP contribution >= 0.6 is 0 Å². The van der Waals surface area contributed by atoms with Gasteiger partial charge in [-0.1, -0.05) is 19.9 Å². The van der Waals surface area contributed by atoms with Crippen LogP contribution in [0.2, 0.25) is 0 Å². The second-order valence-corrected chi connectivity index (χ2v) is 4.65. The molecule has 0 bridgehead atoms. The van der Waals surface area contributed by atoms with E-state index in [2.05, 4.69) is 0 Å². The van der Waals surface area contributed by atoms with Gasteiger partial charge in [0.05, 0.1) is 6.61 Å². The first-order valence-corrected chi connectivity index (χ1v) is 5.93. The molecule has 0 saturated heterocycles. The number of rotatable bonds is 6. The summed E-state index contributed by atoms with van der Waals surface area (Å²) in [6.45, 7) is -0.824. The van der Waals surface area contributed by atoms with Crippen LogP contribution in [-0.2, 0) is 0 Å². The maximum atomic E-state index is 13.3. The molecule has 0 heterocycles. The van der Waals surface area contributed by atoms with E-state index in [1.165, 1.54) is 0 Å². The molecule has 1 aromatic carbocycles. The van der Waals surface area contributed by atoms with Gasteiger partial charge in [0, 0.05) is 0 Å². The summed E-state index contributed by atoms with van der Waals surface area (Å²) in [6.07, 6.45) is 1.59. The molecule has 102 valence electrons. The van der Waals surface area contributed by atoms with Crippen LogP contribution in [0.5, 0.6) is 5.75 Å². The predicted octanol–water partition coefficient (Wildman–Crippen LogP) is 0.699. The zero-order chi connectivity index (χ0) is 13.8. The van der Waals surface area contributed by atoms with Gasteiger partial charge in [-0.05, 0) is 30.9 Å². The van der Waals surface area contributed by atoms with Gasteiger partial charge in [-0.2, -0.15) is 0 Å². The van der Waals surface area contributed by atoms with Gasteiger partial charge < -0.3 is 17.7 Å². The van der Waals surface area contributed by atoms with Crippen LogP contribution < -0.4 is 61.6 Å². The fourth-order valence-corrected chi connectivity index (χ4v) is 1.51. The molecule has 0 spiro atoms. The van der Waals surface area contributed by atoms with Crippen molar-refractivity contribution in [3.63, 3.8) is 0 Å². The quantitative estimate of drug-likeness (QED) is 0.427. The van der Waals surface area contributed by atoms with Crippen molar-refractivity contribution in [1.82, 2.24) is 0 Å². The molecule has 0 amide bonds. The van der Waals surface area contributed by atoms with Crippen LogP contribution in [0.25, 0.3) is 0 Å². The fourth-order valence-electron chi connectivity index (χ4n) is 1.51. The predicted molar refractivity (Wildman–Crippen MR) is 64.7 cm³/mol. The third kappa shape index (κ3) is 7.13. The molecule has 0 aliphatic heterocycles. The van der Waals surface area contributed by atoms with E-state index in [-0.39, 0.29) is 63.7 Å². The molecule has 0 unspecified atom stereocenters. The van der Waals surface area contributed by atoms with Crippen LogP contribution in [0, 0.1) is 11.7 Å². The Kier molecular flexibility index (Phi) is 8.87. The Morgan fingerprint density at radius 2 is 1.84 bits per heavy atom. The Bertz CT molecular complexity index is 396. The molecule has 0 atom stereocenters.